The van der Waals surface area contributed by atoms with E-state index in [2.05, 4.69) is 15.5 Å². The average Bonchev–Trinajstić information content (AvgIpc) is 2.94. The van der Waals surface area contributed by atoms with Crippen molar-refractivity contribution >= 4 is 23.5 Å². The highest BCUT2D eigenvalue weighted by Crippen LogP contribution is 2.30. The fourth-order valence-corrected chi connectivity index (χ4v) is 3.43. The summed E-state index contributed by atoms with van der Waals surface area (Å²) in [6.07, 6.45) is 0.861. The predicted molar refractivity (Wildman–Crippen MR) is 89.6 cm³/mol. The Morgan fingerprint density at radius 1 is 1.29 bits per heavy atom. The molecule has 3 rings (SSSR count). The minimum atomic E-state index is -0.701. The van der Waals surface area contributed by atoms with Crippen LogP contribution in [0, 0.1) is 0 Å². The first-order valence-electron chi connectivity index (χ1n) is 7.95. The summed E-state index contributed by atoms with van der Waals surface area (Å²) in [5.74, 6) is -0.228. The van der Waals surface area contributed by atoms with Crippen LogP contribution in [0.5, 0.6) is 0 Å². The molecule has 0 bridgehead atoms. The van der Waals surface area contributed by atoms with Crippen molar-refractivity contribution in [2.45, 2.75) is 24.6 Å². The van der Waals surface area contributed by atoms with E-state index in [1.54, 1.807) is 0 Å². The minimum Gasteiger partial charge on any atom is -0.371 e. The summed E-state index contributed by atoms with van der Waals surface area (Å²) in [5, 5.41) is 5.93. The maximum absolute atomic E-state index is 11.8. The first kappa shape index (κ1) is 17.0. The van der Waals surface area contributed by atoms with Gasteiger partial charge in [-0.1, -0.05) is 23.7 Å². The molecule has 8 heteroatoms. The molecule has 3 amide bonds. The first-order valence-corrected chi connectivity index (χ1v) is 8.33. The van der Waals surface area contributed by atoms with Gasteiger partial charge in [0.15, 0.2) is 0 Å². The van der Waals surface area contributed by atoms with E-state index in [0.717, 1.165) is 25.1 Å². The standard InChI is InChI=1S/C16H21ClN4O3/c17-11-3-1-10(2-4-11)14-8-21-7-12(5-13(21)9-24-14)20-15(22)6-19-16(18)23/h1-4,12-14H,5-9H2,(H,20,22)(H3,18,19,23)/t12-,13+,14-/m1/s1. The van der Waals surface area contributed by atoms with Gasteiger partial charge in [0.2, 0.25) is 5.91 Å². The molecule has 1 aromatic rings. The van der Waals surface area contributed by atoms with Crippen LogP contribution in [-0.4, -0.2) is 55.2 Å². The summed E-state index contributed by atoms with van der Waals surface area (Å²) in [7, 11) is 0. The van der Waals surface area contributed by atoms with Crippen molar-refractivity contribution in [3.05, 3.63) is 34.9 Å². The van der Waals surface area contributed by atoms with Gasteiger partial charge >= 0.3 is 6.03 Å². The van der Waals surface area contributed by atoms with Gasteiger partial charge in [0.25, 0.3) is 0 Å². The zero-order valence-corrected chi connectivity index (χ0v) is 14.0. The quantitative estimate of drug-likeness (QED) is 0.740. The fraction of sp³-hybridized carbons (Fsp3) is 0.500. The number of benzene rings is 1. The Hall–Kier alpha value is -1.83. The van der Waals surface area contributed by atoms with Crippen LogP contribution < -0.4 is 16.4 Å². The lowest BCUT2D eigenvalue weighted by Crippen LogP contribution is -2.45. The molecule has 0 aromatic heterocycles. The third-order valence-electron chi connectivity index (χ3n) is 4.45. The maximum Gasteiger partial charge on any atom is 0.312 e. The van der Waals surface area contributed by atoms with E-state index >= 15 is 0 Å². The fourth-order valence-electron chi connectivity index (χ4n) is 3.30. The smallest absolute Gasteiger partial charge is 0.312 e. The molecule has 0 unspecified atom stereocenters. The van der Waals surface area contributed by atoms with Crippen LogP contribution in [0.3, 0.4) is 0 Å². The number of nitrogens with two attached hydrogens (primary N) is 1. The Morgan fingerprint density at radius 3 is 2.75 bits per heavy atom. The Balaban J connectivity index is 1.52. The van der Waals surface area contributed by atoms with Crippen molar-refractivity contribution in [1.82, 2.24) is 15.5 Å². The van der Waals surface area contributed by atoms with E-state index < -0.39 is 6.03 Å². The number of fused-ring (bicyclic) bond motifs is 1. The SMILES string of the molecule is NC(=O)NCC(=O)N[C@@H]1C[C@H]2CO[C@@H](c3ccc(Cl)cc3)CN2C1. The number of rotatable bonds is 4. The molecule has 0 aliphatic carbocycles. The molecule has 0 saturated carbocycles. The molecule has 2 heterocycles. The summed E-state index contributed by atoms with van der Waals surface area (Å²) in [5.41, 5.74) is 6.07. The lowest BCUT2D eigenvalue weighted by atomic mass is 10.1. The summed E-state index contributed by atoms with van der Waals surface area (Å²) in [4.78, 5) is 24.8. The molecule has 0 radical (unpaired) electrons. The van der Waals surface area contributed by atoms with Crippen LogP contribution in [0.15, 0.2) is 24.3 Å². The Morgan fingerprint density at radius 2 is 2.04 bits per heavy atom. The molecule has 4 N–H and O–H groups in total. The van der Waals surface area contributed by atoms with Crippen LogP contribution in [0.25, 0.3) is 0 Å². The third kappa shape index (κ3) is 4.17. The van der Waals surface area contributed by atoms with Crippen molar-refractivity contribution in [3.8, 4) is 0 Å². The van der Waals surface area contributed by atoms with Gasteiger partial charge in [-0.15, -0.1) is 0 Å². The number of hydrogen-bond donors (Lipinski definition) is 3. The highest BCUT2D eigenvalue weighted by molar-refractivity contribution is 6.30. The van der Waals surface area contributed by atoms with Crippen molar-refractivity contribution in [1.29, 1.82) is 0 Å². The number of carbonyl (C=O) groups is 2. The second-order valence-corrected chi connectivity index (χ2v) is 6.64. The lowest BCUT2D eigenvalue weighted by molar-refractivity contribution is -0.120. The van der Waals surface area contributed by atoms with Crippen LogP contribution in [-0.2, 0) is 9.53 Å². The molecule has 24 heavy (non-hydrogen) atoms. The summed E-state index contributed by atoms with van der Waals surface area (Å²) < 4.78 is 5.98. The van der Waals surface area contributed by atoms with Gasteiger partial charge in [0.1, 0.15) is 0 Å². The number of ether oxygens (including phenoxy) is 1. The number of primary amides is 1. The van der Waals surface area contributed by atoms with Gasteiger partial charge in [-0.05, 0) is 24.1 Å². The number of morpholine rings is 1. The molecule has 2 aliphatic rings. The first-order chi connectivity index (χ1) is 11.5. The largest absolute Gasteiger partial charge is 0.371 e. The van der Waals surface area contributed by atoms with Gasteiger partial charge in [-0.25, -0.2) is 4.79 Å². The molecular weight excluding hydrogens is 332 g/mol. The number of urea groups is 1. The second-order valence-electron chi connectivity index (χ2n) is 6.20. The van der Waals surface area contributed by atoms with E-state index in [0.29, 0.717) is 17.7 Å². The monoisotopic (exact) mass is 352 g/mol. The lowest BCUT2D eigenvalue weighted by Gasteiger charge is -2.35. The summed E-state index contributed by atoms with van der Waals surface area (Å²) >= 11 is 5.93. The molecule has 3 atom stereocenters. The zero-order chi connectivity index (χ0) is 17.1. The van der Waals surface area contributed by atoms with Gasteiger partial charge in [0.05, 0.1) is 19.3 Å². The average molecular weight is 353 g/mol. The van der Waals surface area contributed by atoms with E-state index in [4.69, 9.17) is 22.1 Å². The number of hydrogen-bond acceptors (Lipinski definition) is 4. The van der Waals surface area contributed by atoms with Gasteiger partial charge in [-0.3, -0.25) is 9.69 Å². The number of nitrogens with zero attached hydrogens (tertiary/aromatic N) is 1. The topological polar surface area (TPSA) is 96.7 Å². The third-order valence-corrected chi connectivity index (χ3v) is 4.70. The van der Waals surface area contributed by atoms with E-state index in [9.17, 15) is 9.59 Å². The molecule has 0 spiro atoms. The van der Waals surface area contributed by atoms with E-state index in [-0.39, 0.29) is 24.6 Å². The summed E-state index contributed by atoms with van der Waals surface area (Å²) in [6, 6.07) is 7.37. The normalized spacial score (nSPS) is 26.6. The maximum atomic E-state index is 11.8. The zero-order valence-electron chi connectivity index (χ0n) is 13.2. The number of amides is 3. The van der Waals surface area contributed by atoms with Crippen molar-refractivity contribution < 1.29 is 14.3 Å². The molecule has 1 aromatic carbocycles. The van der Waals surface area contributed by atoms with E-state index in [1.165, 1.54) is 0 Å². The van der Waals surface area contributed by atoms with Crippen molar-refractivity contribution in [2.75, 3.05) is 26.2 Å². The molecule has 130 valence electrons. The highest BCUT2D eigenvalue weighted by atomic mass is 35.5. The van der Waals surface area contributed by atoms with Crippen molar-refractivity contribution in [2.24, 2.45) is 5.73 Å². The van der Waals surface area contributed by atoms with Gasteiger partial charge in [-0.2, -0.15) is 0 Å². The number of nitrogens with one attached hydrogen (secondary N) is 2. The van der Waals surface area contributed by atoms with Crippen LogP contribution >= 0.6 is 11.6 Å². The molecular formula is C16H21ClN4O3. The Kier molecular flexibility index (Phi) is 5.23. The van der Waals surface area contributed by atoms with Crippen LogP contribution in [0.1, 0.15) is 18.1 Å². The highest BCUT2D eigenvalue weighted by Gasteiger charge is 2.38. The summed E-state index contributed by atoms with van der Waals surface area (Å²) in [6.45, 7) is 2.11. The second kappa shape index (κ2) is 7.38. The van der Waals surface area contributed by atoms with Gasteiger partial charge < -0.3 is 21.1 Å². The number of carbonyl (C=O) groups excluding carboxylic acids is 2. The van der Waals surface area contributed by atoms with Crippen LogP contribution in [0.2, 0.25) is 5.02 Å². The Labute approximate surface area is 145 Å². The van der Waals surface area contributed by atoms with Crippen molar-refractivity contribution in [3.63, 3.8) is 0 Å². The molecule has 2 aliphatic heterocycles. The molecule has 2 saturated heterocycles. The molecule has 2 fully saturated rings. The minimum absolute atomic E-state index is 0.0181. The predicted octanol–water partition coefficient (Wildman–Crippen LogP) is 0.639. The Bertz CT molecular complexity index is 610. The van der Waals surface area contributed by atoms with Crippen LogP contribution in [0.4, 0.5) is 4.79 Å². The number of halogens is 1. The van der Waals surface area contributed by atoms with E-state index in [1.807, 2.05) is 24.3 Å². The van der Waals surface area contributed by atoms with Gasteiger partial charge in [0, 0.05) is 30.2 Å². The molecule has 7 nitrogen and oxygen atoms in total.